The first-order chi connectivity index (χ1) is 8.06. The van der Waals surface area contributed by atoms with E-state index in [-0.39, 0.29) is 11.3 Å². The number of thioether (sulfide) groups is 1. The lowest BCUT2D eigenvalue weighted by Crippen LogP contribution is -2.46. The van der Waals surface area contributed by atoms with Crippen molar-refractivity contribution in [2.24, 2.45) is 11.8 Å². The summed E-state index contributed by atoms with van der Waals surface area (Å²) in [7, 11) is 0. The van der Waals surface area contributed by atoms with Crippen molar-refractivity contribution in [3.63, 3.8) is 0 Å². The van der Waals surface area contributed by atoms with Gasteiger partial charge in [-0.1, -0.05) is 0 Å². The third kappa shape index (κ3) is 2.40. The lowest BCUT2D eigenvalue weighted by Gasteiger charge is -2.31. The van der Waals surface area contributed by atoms with E-state index in [9.17, 15) is 4.79 Å². The van der Waals surface area contributed by atoms with E-state index in [1.54, 1.807) is 11.8 Å². The Hall–Kier alpha value is -0.0600. The molecule has 0 bridgehead atoms. The fourth-order valence-electron chi connectivity index (χ4n) is 3.05. The molecule has 2 fully saturated rings. The quantitative estimate of drug-likeness (QED) is 0.766. The standard InChI is InChI=1S/C13H23NO2S/c1-8(2)14-5-10-6-16-7-11(10)12(14)13(15)9(3)17-4/h8-12H,5-7H2,1-4H3. The summed E-state index contributed by atoms with van der Waals surface area (Å²) < 4.78 is 5.55. The number of hydrogen-bond donors (Lipinski definition) is 0. The maximum absolute atomic E-state index is 12.5. The Balaban J connectivity index is 2.17. The van der Waals surface area contributed by atoms with Crippen LogP contribution in [0.5, 0.6) is 0 Å². The highest BCUT2D eigenvalue weighted by Gasteiger charge is 2.49. The molecule has 17 heavy (non-hydrogen) atoms. The third-order valence-corrected chi connectivity index (χ3v) is 5.10. The van der Waals surface area contributed by atoms with Crippen LogP contribution >= 0.6 is 11.8 Å². The highest BCUT2D eigenvalue weighted by atomic mass is 32.2. The van der Waals surface area contributed by atoms with Gasteiger partial charge in [0.05, 0.1) is 24.5 Å². The number of rotatable bonds is 4. The molecule has 0 radical (unpaired) electrons. The summed E-state index contributed by atoms with van der Waals surface area (Å²) in [6.07, 6.45) is 2.01. The van der Waals surface area contributed by atoms with E-state index in [4.69, 9.17) is 4.74 Å². The SMILES string of the molecule is CSC(C)C(=O)C1C2COCC2CN1C(C)C. The summed E-state index contributed by atoms with van der Waals surface area (Å²) in [5.41, 5.74) is 0. The highest BCUT2D eigenvalue weighted by Crippen LogP contribution is 2.37. The van der Waals surface area contributed by atoms with Crippen LogP contribution in [0.3, 0.4) is 0 Å². The summed E-state index contributed by atoms with van der Waals surface area (Å²) in [6, 6.07) is 0.536. The number of carbonyl (C=O) groups excluding carboxylic acids is 1. The molecule has 0 aromatic rings. The highest BCUT2D eigenvalue weighted by molar-refractivity contribution is 7.99. The van der Waals surface area contributed by atoms with Gasteiger partial charge in [-0.25, -0.2) is 0 Å². The van der Waals surface area contributed by atoms with Gasteiger partial charge < -0.3 is 4.74 Å². The van der Waals surface area contributed by atoms with Crippen molar-refractivity contribution < 1.29 is 9.53 Å². The normalized spacial score (nSPS) is 35.2. The molecule has 0 spiro atoms. The molecule has 4 atom stereocenters. The summed E-state index contributed by atoms with van der Waals surface area (Å²) in [6.45, 7) is 9.03. The average molecular weight is 257 g/mol. The van der Waals surface area contributed by atoms with Gasteiger partial charge in [-0.2, -0.15) is 11.8 Å². The van der Waals surface area contributed by atoms with Crippen molar-refractivity contribution >= 4 is 17.5 Å². The first-order valence-electron chi connectivity index (χ1n) is 6.46. The number of Topliss-reactive ketones (excluding diaryl/α,β-unsaturated/α-hetero) is 1. The molecule has 0 aromatic heterocycles. The van der Waals surface area contributed by atoms with Crippen molar-refractivity contribution in [2.45, 2.75) is 38.1 Å². The number of hydrogen-bond acceptors (Lipinski definition) is 4. The van der Waals surface area contributed by atoms with Gasteiger partial charge in [0.15, 0.2) is 5.78 Å². The number of likely N-dealkylation sites (tertiary alicyclic amines) is 1. The second-order valence-electron chi connectivity index (χ2n) is 5.48. The molecule has 0 amide bonds. The van der Waals surface area contributed by atoms with Gasteiger partial charge in [0, 0.05) is 24.4 Å². The predicted octanol–water partition coefficient (Wildman–Crippen LogP) is 1.66. The van der Waals surface area contributed by atoms with Crippen LogP contribution in [0.1, 0.15) is 20.8 Å². The molecule has 2 aliphatic rings. The van der Waals surface area contributed by atoms with E-state index in [2.05, 4.69) is 18.7 Å². The summed E-state index contributed by atoms with van der Waals surface area (Å²) in [4.78, 5) is 14.9. The molecule has 2 saturated heterocycles. The van der Waals surface area contributed by atoms with E-state index in [0.29, 0.717) is 23.7 Å². The Morgan fingerprint density at radius 2 is 2.06 bits per heavy atom. The minimum Gasteiger partial charge on any atom is -0.381 e. The molecule has 0 aliphatic carbocycles. The Kier molecular flexibility index (Phi) is 4.16. The van der Waals surface area contributed by atoms with E-state index in [0.717, 1.165) is 19.8 Å². The second-order valence-corrected chi connectivity index (χ2v) is 6.66. The zero-order valence-corrected chi connectivity index (χ0v) is 12.0. The molecule has 0 N–H and O–H groups in total. The van der Waals surface area contributed by atoms with E-state index in [1.165, 1.54) is 0 Å². The molecule has 2 heterocycles. The molecule has 0 saturated carbocycles. The van der Waals surface area contributed by atoms with E-state index >= 15 is 0 Å². The van der Waals surface area contributed by atoms with E-state index in [1.807, 2.05) is 13.2 Å². The summed E-state index contributed by atoms with van der Waals surface area (Å²) in [5.74, 6) is 1.39. The fraction of sp³-hybridized carbons (Fsp3) is 0.923. The van der Waals surface area contributed by atoms with Crippen LogP contribution < -0.4 is 0 Å². The number of ether oxygens (including phenoxy) is 1. The Morgan fingerprint density at radius 3 is 2.65 bits per heavy atom. The number of carbonyl (C=O) groups is 1. The molecule has 0 aromatic carbocycles. The van der Waals surface area contributed by atoms with Crippen LogP contribution in [0.15, 0.2) is 0 Å². The first kappa shape index (κ1) is 13.4. The first-order valence-corrected chi connectivity index (χ1v) is 7.75. The molecule has 4 heteroatoms. The van der Waals surface area contributed by atoms with Crippen LogP contribution in [0.25, 0.3) is 0 Å². The third-order valence-electron chi connectivity index (χ3n) is 4.16. The van der Waals surface area contributed by atoms with Crippen molar-refractivity contribution in [1.29, 1.82) is 0 Å². The van der Waals surface area contributed by atoms with Gasteiger partial charge in [0.2, 0.25) is 0 Å². The van der Waals surface area contributed by atoms with Crippen LogP contribution in [0, 0.1) is 11.8 Å². The molecule has 98 valence electrons. The topological polar surface area (TPSA) is 29.5 Å². The van der Waals surface area contributed by atoms with Crippen molar-refractivity contribution in [3.8, 4) is 0 Å². The van der Waals surface area contributed by atoms with Gasteiger partial charge in [-0.15, -0.1) is 0 Å². The average Bonchev–Trinajstić information content (AvgIpc) is 2.85. The van der Waals surface area contributed by atoms with Crippen LogP contribution in [0.4, 0.5) is 0 Å². The minimum absolute atomic E-state index is 0.0879. The number of ketones is 1. The molecule has 2 rings (SSSR count). The lowest BCUT2D eigenvalue weighted by molar-refractivity contribution is -0.124. The molecular formula is C13H23NO2S. The smallest absolute Gasteiger partial charge is 0.162 e. The Bertz CT molecular complexity index is 295. The van der Waals surface area contributed by atoms with Gasteiger partial charge in [0.25, 0.3) is 0 Å². The van der Waals surface area contributed by atoms with Gasteiger partial charge in [-0.3, -0.25) is 9.69 Å². The maximum atomic E-state index is 12.5. The molecular weight excluding hydrogens is 234 g/mol. The maximum Gasteiger partial charge on any atom is 0.162 e. The second kappa shape index (κ2) is 5.29. The monoisotopic (exact) mass is 257 g/mol. The van der Waals surface area contributed by atoms with E-state index < -0.39 is 0 Å². The van der Waals surface area contributed by atoms with Crippen molar-refractivity contribution in [1.82, 2.24) is 4.90 Å². The minimum atomic E-state index is 0.0879. The fourth-order valence-corrected chi connectivity index (χ4v) is 3.42. The van der Waals surface area contributed by atoms with Crippen molar-refractivity contribution in [2.75, 3.05) is 26.0 Å². The van der Waals surface area contributed by atoms with Crippen LogP contribution in [-0.2, 0) is 9.53 Å². The largest absolute Gasteiger partial charge is 0.381 e. The number of fused-ring (bicyclic) bond motifs is 1. The molecule has 2 aliphatic heterocycles. The number of nitrogens with zero attached hydrogens (tertiary/aromatic N) is 1. The summed E-state index contributed by atoms with van der Waals surface area (Å²) >= 11 is 1.65. The lowest BCUT2D eigenvalue weighted by atomic mass is 9.90. The molecule has 4 unspecified atom stereocenters. The Labute approximate surface area is 108 Å². The van der Waals surface area contributed by atoms with Crippen LogP contribution in [-0.4, -0.2) is 54.0 Å². The zero-order chi connectivity index (χ0) is 12.6. The summed E-state index contributed by atoms with van der Waals surface area (Å²) in [5, 5.41) is 0.0978. The van der Waals surface area contributed by atoms with Crippen molar-refractivity contribution in [3.05, 3.63) is 0 Å². The Morgan fingerprint density at radius 1 is 1.35 bits per heavy atom. The van der Waals surface area contributed by atoms with Crippen LogP contribution in [0.2, 0.25) is 0 Å². The van der Waals surface area contributed by atoms with Gasteiger partial charge in [-0.05, 0) is 27.0 Å². The molecule has 3 nitrogen and oxygen atoms in total. The van der Waals surface area contributed by atoms with Gasteiger partial charge >= 0.3 is 0 Å². The zero-order valence-electron chi connectivity index (χ0n) is 11.2. The predicted molar refractivity (Wildman–Crippen MR) is 71.4 cm³/mol. The van der Waals surface area contributed by atoms with Gasteiger partial charge in [0.1, 0.15) is 0 Å².